The van der Waals surface area contributed by atoms with Crippen LogP contribution in [0, 0.1) is 0 Å². The van der Waals surface area contributed by atoms with Crippen molar-refractivity contribution in [1.29, 1.82) is 0 Å². The molecule has 0 rings (SSSR count). The maximum absolute atomic E-state index is 5.60. The molecule has 0 N–H and O–H groups in total. The Labute approximate surface area is 139 Å². The normalized spacial score (nSPS) is 10.8. The number of hydrogen-bond donors (Lipinski definition) is 0. The lowest BCUT2D eigenvalue weighted by atomic mass is 10.1. The van der Waals surface area contributed by atoms with Crippen molar-refractivity contribution < 1.29 is 4.74 Å². The summed E-state index contributed by atoms with van der Waals surface area (Å²) in [5.74, 6) is 0. The second kappa shape index (κ2) is 17.9. The van der Waals surface area contributed by atoms with Crippen LogP contribution in [0.5, 0.6) is 0 Å². The third-order valence-electron chi connectivity index (χ3n) is 4.00. The number of unbranched alkanes of at least 4 members (excludes halogenated alkanes) is 12. The average Bonchev–Trinajstić information content (AvgIpc) is 2.49. The van der Waals surface area contributed by atoms with E-state index < -0.39 is 0 Å². The van der Waals surface area contributed by atoms with Crippen LogP contribution in [-0.2, 0) is 4.74 Å². The van der Waals surface area contributed by atoms with Crippen molar-refractivity contribution in [3.05, 3.63) is 0 Å². The van der Waals surface area contributed by atoms with Gasteiger partial charge in [-0.05, 0) is 25.1 Å². The van der Waals surface area contributed by atoms with Crippen molar-refractivity contribution in [3.8, 4) is 0 Å². The molecule has 0 radical (unpaired) electrons. The molecule has 0 bridgehead atoms. The third-order valence-corrected chi connectivity index (χ3v) is 4.32. The Kier molecular flexibility index (Phi) is 17.8. The van der Waals surface area contributed by atoms with Gasteiger partial charge in [0.2, 0.25) is 0 Å². The Morgan fingerprint density at radius 3 is 1.57 bits per heavy atom. The quantitative estimate of drug-likeness (QED) is 0.220. The van der Waals surface area contributed by atoms with Crippen molar-refractivity contribution >= 4 is 17.3 Å². The predicted octanol–water partition coefficient (Wildman–Crippen LogP) is 7.22. The van der Waals surface area contributed by atoms with Gasteiger partial charge < -0.3 is 4.74 Å². The van der Waals surface area contributed by atoms with Crippen LogP contribution in [0.2, 0.25) is 0 Å². The van der Waals surface area contributed by atoms with Crippen LogP contribution >= 0.6 is 12.2 Å². The molecule has 0 fully saturated rings. The summed E-state index contributed by atoms with van der Waals surface area (Å²) in [6, 6.07) is 0. The van der Waals surface area contributed by atoms with E-state index in [1.165, 1.54) is 83.5 Å². The van der Waals surface area contributed by atoms with Gasteiger partial charge in [0.15, 0.2) is 5.05 Å². The zero-order valence-corrected chi connectivity index (χ0v) is 15.4. The van der Waals surface area contributed by atoms with E-state index >= 15 is 0 Å². The highest BCUT2D eigenvalue weighted by atomic mass is 32.1. The first-order chi connectivity index (χ1) is 10.3. The molecule has 0 aromatic heterocycles. The number of ether oxygens (including phenoxy) is 1. The van der Waals surface area contributed by atoms with Crippen molar-refractivity contribution in [2.45, 2.75) is 110 Å². The molecule has 0 amide bonds. The van der Waals surface area contributed by atoms with Gasteiger partial charge in [-0.2, -0.15) is 0 Å². The molecular formula is C19H38OS. The van der Waals surface area contributed by atoms with Crippen LogP contribution in [0.25, 0.3) is 0 Å². The summed E-state index contributed by atoms with van der Waals surface area (Å²) >= 11 is 5.27. The fraction of sp³-hybridized carbons (Fsp3) is 0.947. The van der Waals surface area contributed by atoms with Crippen molar-refractivity contribution in [3.63, 3.8) is 0 Å². The highest BCUT2D eigenvalue weighted by molar-refractivity contribution is 7.80. The SMILES string of the molecule is CCCCCCCCCCCCC(=S)OCCCCCC. The topological polar surface area (TPSA) is 9.23 Å². The molecule has 0 saturated carbocycles. The number of thiocarbonyl (C=S) groups is 1. The Balaban J connectivity index is 3.11. The van der Waals surface area contributed by atoms with Gasteiger partial charge in [0.25, 0.3) is 0 Å². The van der Waals surface area contributed by atoms with Crippen molar-refractivity contribution in [1.82, 2.24) is 0 Å². The molecule has 0 saturated heterocycles. The molecular weight excluding hydrogens is 276 g/mol. The van der Waals surface area contributed by atoms with Gasteiger partial charge in [0.05, 0.1) is 6.61 Å². The molecule has 21 heavy (non-hydrogen) atoms. The standard InChI is InChI=1S/C19H38OS/c1-3-5-7-9-10-11-12-13-14-15-17-19(21)20-18-16-8-6-4-2/h3-18H2,1-2H3. The molecule has 0 heterocycles. The summed E-state index contributed by atoms with van der Waals surface area (Å²) in [6.07, 6.45) is 19.8. The fourth-order valence-electron chi connectivity index (χ4n) is 2.54. The van der Waals surface area contributed by atoms with Crippen LogP contribution in [0.1, 0.15) is 110 Å². The Morgan fingerprint density at radius 1 is 0.619 bits per heavy atom. The predicted molar refractivity (Wildman–Crippen MR) is 99.2 cm³/mol. The lowest BCUT2D eigenvalue weighted by Gasteiger charge is -2.07. The summed E-state index contributed by atoms with van der Waals surface area (Å²) in [5, 5.41) is 0.839. The van der Waals surface area contributed by atoms with Gasteiger partial charge in [-0.15, -0.1) is 0 Å². The first-order valence-electron chi connectivity index (χ1n) is 9.46. The van der Waals surface area contributed by atoms with Crippen LogP contribution < -0.4 is 0 Å². The first kappa shape index (κ1) is 20.9. The smallest absolute Gasteiger partial charge is 0.159 e. The number of rotatable bonds is 16. The molecule has 0 atom stereocenters. The first-order valence-corrected chi connectivity index (χ1v) is 9.87. The van der Waals surface area contributed by atoms with Crippen molar-refractivity contribution in [2.75, 3.05) is 6.61 Å². The van der Waals surface area contributed by atoms with E-state index in [2.05, 4.69) is 13.8 Å². The van der Waals surface area contributed by atoms with Gasteiger partial charge in [-0.3, -0.25) is 0 Å². The van der Waals surface area contributed by atoms with Crippen LogP contribution in [-0.4, -0.2) is 11.7 Å². The van der Waals surface area contributed by atoms with E-state index in [0.29, 0.717) is 0 Å². The molecule has 2 heteroatoms. The minimum atomic E-state index is 0.830. The lowest BCUT2D eigenvalue weighted by Crippen LogP contribution is -2.03. The summed E-state index contributed by atoms with van der Waals surface area (Å²) < 4.78 is 5.60. The van der Waals surface area contributed by atoms with E-state index in [-0.39, 0.29) is 0 Å². The Bertz CT molecular complexity index is 216. The second-order valence-electron chi connectivity index (χ2n) is 6.21. The third kappa shape index (κ3) is 17.8. The number of hydrogen-bond acceptors (Lipinski definition) is 2. The van der Waals surface area contributed by atoms with Gasteiger partial charge >= 0.3 is 0 Å². The molecule has 0 aromatic carbocycles. The molecule has 0 aliphatic carbocycles. The molecule has 1 nitrogen and oxygen atoms in total. The zero-order valence-electron chi connectivity index (χ0n) is 14.6. The van der Waals surface area contributed by atoms with E-state index in [1.54, 1.807) is 0 Å². The summed E-state index contributed by atoms with van der Waals surface area (Å²) in [6.45, 7) is 5.34. The monoisotopic (exact) mass is 314 g/mol. The van der Waals surface area contributed by atoms with Gasteiger partial charge in [-0.1, -0.05) is 90.9 Å². The molecule has 0 aliphatic rings. The minimum Gasteiger partial charge on any atom is -0.487 e. The molecule has 0 unspecified atom stereocenters. The maximum Gasteiger partial charge on any atom is 0.159 e. The molecule has 126 valence electrons. The second-order valence-corrected chi connectivity index (χ2v) is 6.67. The van der Waals surface area contributed by atoms with Gasteiger partial charge in [-0.25, -0.2) is 0 Å². The molecule has 0 aliphatic heterocycles. The highest BCUT2D eigenvalue weighted by Crippen LogP contribution is 2.12. The zero-order chi connectivity index (χ0) is 15.6. The van der Waals surface area contributed by atoms with E-state index in [9.17, 15) is 0 Å². The fourth-order valence-corrected chi connectivity index (χ4v) is 2.77. The van der Waals surface area contributed by atoms with Crippen molar-refractivity contribution in [2.24, 2.45) is 0 Å². The molecule has 0 aromatic rings. The maximum atomic E-state index is 5.60. The largest absolute Gasteiger partial charge is 0.487 e. The highest BCUT2D eigenvalue weighted by Gasteiger charge is 1.98. The van der Waals surface area contributed by atoms with E-state index in [4.69, 9.17) is 17.0 Å². The summed E-state index contributed by atoms with van der Waals surface area (Å²) in [5.41, 5.74) is 0. The average molecular weight is 315 g/mol. The Hall–Kier alpha value is -0.110. The van der Waals surface area contributed by atoms with Crippen LogP contribution in [0.15, 0.2) is 0 Å². The Morgan fingerprint density at radius 2 is 1.05 bits per heavy atom. The van der Waals surface area contributed by atoms with E-state index in [0.717, 1.165) is 24.5 Å². The lowest BCUT2D eigenvalue weighted by molar-refractivity contribution is 0.291. The summed E-state index contributed by atoms with van der Waals surface area (Å²) in [7, 11) is 0. The van der Waals surface area contributed by atoms with Crippen LogP contribution in [0.4, 0.5) is 0 Å². The molecule has 0 spiro atoms. The minimum absolute atomic E-state index is 0.830. The summed E-state index contributed by atoms with van der Waals surface area (Å²) in [4.78, 5) is 0. The van der Waals surface area contributed by atoms with E-state index in [1.807, 2.05) is 0 Å². The van der Waals surface area contributed by atoms with Gasteiger partial charge in [0, 0.05) is 6.42 Å². The van der Waals surface area contributed by atoms with Gasteiger partial charge in [0.1, 0.15) is 0 Å². The van der Waals surface area contributed by atoms with Crippen LogP contribution in [0.3, 0.4) is 0 Å².